The van der Waals surface area contributed by atoms with Gasteiger partial charge in [-0.15, -0.1) is 0 Å². The zero-order valence-corrected chi connectivity index (χ0v) is 23.2. The number of aromatic hydroxyl groups is 1. The molecular weight excluding hydrogens is 484 g/mol. The molecule has 0 aromatic heterocycles. The normalized spacial score (nSPS) is 35.6. The van der Waals surface area contributed by atoms with Crippen LogP contribution in [0.2, 0.25) is 0 Å². The van der Waals surface area contributed by atoms with Gasteiger partial charge in [0.15, 0.2) is 11.5 Å². The van der Waals surface area contributed by atoms with Gasteiger partial charge in [0, 0.05) is 37.3 Å². The number of benzene rings is 2. The molecule has 2 heterocycles. The number of phenols is 1. The van der Waals surface area contributed by atoms with Crippen molar-refractivity contribution in [2.45, 2.75) is 106 Å². The first-order valence-electron chi connectivity index (χ1n) is 15.8. The lowest BCUT2D eigenvalue weighted by atomic mass is 9.48. The highest BCUT2D eigenvalue weighted by molar-refractivity contribution is 5.62. The minimum Gasteiger partial charge on any atom is -0.504 e. The molecule has 2 aromatic rings. The van der Waals surface area contributed by atoms with E-state index in [2.05, 4.69) is 46.2 Å². The molecule has 2 aromatic carbocycles. The van der Waals surface area contributed by atoms with Crippen LogP contribution < -0.4 is 4.74 Å². The van der Waals surface area contributed by atoms with Gasteiger partial charge in [-0.3, -0.25) is 9.80 Å². The Kier molecular flexibility index (Phi) is 5.84. The van der Waals surface area contributed by atoms with Crippen LogP contribution in [0.5, 0.6) is 11.5 Å². The summed E-state index contributed by atoms with van der Waals surface area (Å²) in [4.78, 5) is 5.37. The number of rotatable bonds is 7. The molecule has 0 amide bonds. The Morgan fingerprint density at radius 2 is 1.74 bits per heavy atom. The van der Waals surface area contributed by atoms with Gasteiger partial charge in [0.25, 0.3) is 0 Å². The molecule has 4 aliphatic carbocycles. The summed E-state index contributed by atoms with van der Waals surface area (Å²) >= 11 is 0. The first kappa shape index (κ1) is 24.7. The molecule has 1 saturated heterocycles. The molecule has 8 rings (SSSR count). The molecule has 1 spiro atoms. The summed E-state index contributed by atoms with van der Waals surface area (Å²) in [7, 11) is 0. The summed E-state index contributed by atoms with van der Waals surface area (Å²) < 4.78 is 6.95. The van der Waals surface area contributed by atoms with Gasteiger partial charge in [0.1, 0.15) is 6.10 Å². The minimum absolute atomic E-state index is 0.128. The molecular formula is C34H44N2O3. The number of aliphatic hydroxyl groups is 1. The van der Waals surface area contributed by atoms with Gasteiger partial charge < -0.3 is 14.9 Å². The number of hydrogen-bond donors (Lipinski definition) is 2. The Labute approximate surface area is 233 Å². The van der Waals surface area contributed by atoms with Gasteiger partial charge in [-0.25, -0.2) is 0 Å². The van der Waals surface area contributed by atoms with Crippen LogP contribution in [0.1, 0.15) is 80.9 Å². The Morgan fingerprint density at radius 3 is 2.54 bits per heavy atom. The topological polar surface area (TPSA) is 56.2 Å². The number of hydrogen-bond acceptors (Lipinski definition) is 5. The summed E-state index contributed by atoms with van der Waals surface area (Å²) in [6.07, 6.45) is 12.8. The van der Waals surface area contributed by atoms with E-state index >= 15 is 0 Å². The number of piperidine rings is 1. The highest BCUT2D eigenvalue weighted by atomic mass is 16.5. The second kappa shape index (κ2) is 9.22. The zero-order valence-electron chi connectivity index (χ0n) is 23.2. The molecule has 5 atom stereocenters. The monoisotopic (exact) mass is 528 g/mol. The van der Waals surface area contributed by atoms with Crippen LogP contribution in [0, 0.1) is 11.8 Å². The fourth-order valence-electron chi connectivity index (χ4n) is 9.67. The van der Waals surface area contributed by atoms with E-state index in [9.17, 15) is 10.2 Å². The predicted octanol–water partition coefficient (Wildman–Crippen LogP) is 5.41. The fraction of sp³-hybridized carbons (Fsp3) is 0.647. The maximum atomic E-state index is 12.9. The fourth-order valence-corrected chi connectivity index (χ4v) is 9.67. The lowest BCUT2D eigenvalue weighted by molar-refractivity contribution is -0.202. The molecule has 2 bridgehead atoms. The van der Waals surface area contributed by atoms with Gasteiger partial charge in [-0.1, -0.05) is 55.7 Å². The summed E-state index contributed by atoms with van der Waals surface area (Å²) in [6, 6.07) is 15.3. The Morgan fingerprint density at radius 1 is 0.923 bits per heavy atom. The molecule has 39 heavy (non-hydrogen) atoms. The second-order valence-corrected chi connectivity index (χ2v) is 13.8. The van der Waals surface area contributed by atoms with Gasteiger partial charge in [0.05, 0.1) is 11.0 Å². The summed E-state index contributed by atoms with van der Waals surface area (Å²) in [5.41, 5.74) is 2.55. The van der Waals surface area contributed by atoms with E-state index in [4.69, 9.17) is 4.74 Å². The van der Waals surface area contributed by atoms with Crippen molar-refractivity contribution in [3.63, 3.8) is 0 Å². The lowest BCUT2D eigenvalue weighted by Gasteiger charge is -2.65. The van der Waals surface area contributed by atoms with Crippen LogP contribution >= 0.6 is 0 Å². The molecule has 5 heteroatoms. The molecule has 0 unspecified atom stereocenters. The van der Waals surface area contributed by atoms with Gasteiger partial charge >= 0.3 is 0 Å². The number of nitrogens with zero attached hydrogens (tertiary/aromatic N) is 2. The van der Waals surface area contributed by atoms with Crippen LogP contribution in [0.3, 0.4) is 0 Å². The maximum Gasteiger partial charge on any atom is 0.165 e. The third kappa shape index (κ3) is 3.75. The minimum atomic E-state index is -0.809. The molecule has 6 aliphatic rings. The molecule has 2 aliphatic heterocycles. The van der Waals surface area contributed by atoms with Crippen molar-refractivity contribution in [2.75, 3.05) is 19.6 Å². The van der Waals surface area contributed by atoms with Crippen molar-refractivity contribution in [3.8, 4) is 11.5 Å². The van der Waals surface area contributed by atoms with Crippen LogP contribution in [0.25, 0.3) is 0 Å². The van der Waals surface area contributed by atoms with Crippen molar-refractivity contribution in [1.82, 2.24) is 9.80 Å². The maximum absolute atomic E-state index is 12.9. The van der Waals surface area contributed by atoms with Crippen molar-refractivity contribution in [2.24, 2.45) is 11.8 Å². The van der Waals surface area contributed by atoms with Crippen molar-refractivity contribution < 1.29 is 14.9 Å². The SMILES string of the molecule is Oc1ccc2c3c1O[C@H]1[C@H](N(Cc4ccccc4)CC4CCCCC4)CC[C@@]4(O)[C@@H](C2)N(CC2CC2)CC[C@]314. The average molecular weight is 529 g/mol. The van der Waals surface area contributed by atoms with Crippen LogP contribution in [0.15, 0.2) is 42.5 Å². The first-order chi connectivity index (χ1) is 19.1. The molecule has 4 fully saturated rings. The quantitative estimate of drug-likeness (QED) is 0.504. The standard InChI is InChI=1S/C34H44N2O3/c37-28-14-13-26-19-29-34(38)16-15-27(36(21-23-7-3-1-4-8-23)22-24-9-5-2-6-10-24)32-33(34,30(26)31(28)39-32)17-18-35(29)20-25-11-12-25/h1,3-4,7-8,13-14,24-25,27,29,32,37-38H,2,5-6,9-12,15-22H2/t27-,29-,32+,33+,34-/m1/s1. The zero-order chi connectivity index (χ0) is 26.2. The molecule has 0 radical (unpaired) electrons. The summed E-state index contributed by atoms with van der Waals surface area (Å²) in [6.45, 7) is 4.16. The Hall–Kier alpha value is -2.08. The Bertz CT molecular complexity index is 1220. The Balaban J connectivity index is 1.20. The van der Waals surface area contributed by atoms with Crippen LogP contribution in [0.4, 0.5) is 0 Å². The summed E-state index contributed by atoms with van der Waals surface area (Å²) in [5.74, 6) is 2.46. The first-order valence-corrected chi connectivity index (χ1v) is 15.8. The number of phenolic OH excluding ortho intramolecular Hbond substituents is 1. The van der Waals surface area contributed by atoms with Crippen molar-refractivity contribution in [1.29, 1.82) is 0 Å². The van der Waals surface area contributed by atoms with E-state index in [1.165, 1.54) is 56.1 Å². The highest BCUT2D eigenvalue weighted by Gasteiger charge is 2.73. The van der Waals surface area contributed by atoms with Gasteiger partial charge in [0.2, 0.25) is 0 Å². The van der Waals surface area contributed by atoms with E-state index in [1.54, 1.807) is 0 Å². The second-order valence-electron chi connectivity index (χ2n) is 13.8. The third-order valence-corrected chi connectivity index (χ3v) is 11.6. The van der Waals surface area contributed by atoms with E-state index in [1.807, 2.05) is 6.07 Å². The molecule has 208 valence electrons. The highest BCUT2D eigenvalue weighted by Crippen LogP contribution is 2.66. The lowest BCUT2D eigenvalue weighted by Crippen LogP contribution is -2.78. The van der Waals surface area contributed by atoms with Crippen molar-refractivity contribution in [3.05, 3.63) is 59.2 Å². The predicted molar refractivity (Wildman–Crippen MR) is 152 cm³/mol. The van der Waals surface area contributed by atoms with E-state index < -0.39 is 11.0 Å². The van der Waals surface area contributed by atoms with Crippen LogP contribution in [-0.2, 0) is 18.4 Å². The van der Waals surface area contributed by atoms with E-state index in [0.29, 0.717) is 5.75 Å². The molecule has 5 nitrogen and oxygen atoms in total. The summed E-state index contributed by atoms with van der Waals surface area (Å²) in [5, 5.41) is 24.0. The largest absolute Gasteiger partial charge is 0.504 e. The molecule has 3 saturated carbocycles. The van der Waals surface area contributed by atoms with Gasteiger partial charge in [-0.2, -0.15) is 0 Å². The third-order valence-electron chi connectivity index (χ3n) is 11.6. The van der Waals surface area contributed by atoms with Crippen molar-refractivity contribution >= 4 is 0 Å². The smallest absolute Gasteiger partial charge is 0.165 e. The van der Waals surface area contributed by atoms with Crippen LogP contribution in [-0.4, -0.2) is 63.4 Å². The molecule has 2 N–H and O–H groups in total. The average Bonchev–Trinajstić information content (AvgIpc) is 3.70. The number of likely N-dealkylation sites (tertiary alicyclic amines) is 1. The van der Waals surface area contributed by atoms with Gasteiger partial charge in [-0.05, 0) is 86.9 Å². The number of ether oxygens (including phenoxy) is 1. The van der Waals surface area contributed by atoms with E-state index in [0.717, 1.165) is 69.3 Å². The van der Waals surface area contributed by atoms with E-state index in [-0.39, 0.29) is 23.9 Å².